The second-order valence-corrected chi connectivity index (χ2v) is 4.30. The average Bonchev–Trinajstić information content (AvgIpc) is 2.51. The van der Waals surface area contributed by atoms with Crippen LogP contribution in [0.15, 0.2) is 10.6 Å². The van der Waals surface area contributed by atoms with E-state index in [1.165, 1.54) is 0 Å². The molecule has 2 N–H and O–H groups in total. The molecule has 0 aliphatic rings. The van der Waals surface area contributed by atoms with Crippen LogP contribution in [-0.2, 0) is 6.54 Å². The maximum absolute atomic E-state index is 5.68. The Labute approximate surface area is 85.1 Å². The average molecular weight is 197 g/mol. The zero-order valence-electron chi connectivity index (χ0n) is 9.37. The molecule has 0 fully saturated rings. The van der Waals surface area contributed by atoms with Crippen molar-refractivity contribution in [3.8, 4) is 0 Å². The predicted molar refractivity (Wildman–Crippen MR) is 55.8 cm³/mol. The summed E-state index contributed by atoms with van der Waals surface area (Å²) in [5, 5.41) is 3.95. The molecule has 0 saturated heterocycles. The Morgan fingerprint density at radius 1 is 1.57 bits per heavy atom. The van der Waals surface area contributed by atoms with Gasteiger partial charge >= 0.3 is 0 Å². The molecule has 0 atom stereocenters. The summed E-state index contributed by atoms with van der Waals surface area (Å²) < 4.78 is 5.00. The van der Waals surface area contributed by atoms with Crippen molar-refractivity contribution in [1.29, 1.82) is 0 Å². The number of aromatic nitrogens is 1. The Hall–Kier alpha value is -0.870. The van der Waals surface area contributed by atoms with Gasteiger partial charge in [-0.05, 0) is 27.8 Å². The minimum atomic E-state index is -0.00709. The molecule has 4 nitrogen and oxygen atoms in total. The highest BCUT2D eigenvalue weighted by molar-refractivity contribution is 5.03. The molecule has 0 bridgehead atoms. The van der Waals surface area contributed by atoms with E-state index >= 15 is 0 Å². The molecule has 0 aromatic carbocycles. The monoisotopic (exact) mass is 197 g/mol. The standard InChI is InChI=1S/C10H19N3O/c1-8-5-9(12-14-8)6-13(4)10(2,3)7-11/h5H,6-7,11H2,1-4H3. The molecule has 1 aromatic heterocycles. The molecule has 0 unspecified atom stereocenters. The number of nitrogens with two attached hydrogens (primary N) is 1. The fourth-order valence-corrected chi connectivity index (χ4v) is 1.11. The van der Waals surface area contributed by atoms with E-state index in [1.54, 1.807) is 0 Å². The van der Waals surface area contributed by atoms with E-state index in [0.717, 1.165) is 18.0 Å². The second-order valence-electron chi connectivity index (χ2n) is 4.30. The molecule has 0 spiro atoms. The molecule has 1 rings (SSSR count). The molecule has 1 heterocycles. The summed E-state index contributed by atoms with van der Waals surface area (Å²) in [6.45, 7) is 7.51. The van der Waals surface area contributed by atoms with Crippen molar-refractivity contribution in [1.82, 2.24) is 10.1 Å². The van der Waals surface area contributed by atoms with Gasteiger partial charge in [0, 0.05) is 24.7 Å². The van der Waals surface area contributed by atoms with Gasteiger partial charge in [0.1, 0.15) is 5.76 Å². The second kappa shape index (κ2) is 4.11. The molecule has 0 aliphatic carbocycles. The predicted octanol–water partition coefficient (Wildman–Crippen LogP) is 1.15. The number of hydrogen-bond acceptors (Lipinski definition) is 4. The lowest BCUT2D eigenvalue weighted by Gasteiger charge is -2.33. The Bertz CT molecular complexity index is 293. The van der Waals surface area contributed by atoms with Crippen LogP contribution < -0.4 is 5.73 Å². The topological polar surface area (TPSA) is 55.3 Å². The fraction of sp³-hybridized carbons (Fsp3) is 0.700. The first kappa shape index (κ1) is 11.2. The first-order valence-electron chi connectivity index (χ1n) is 4.79. The summed E-state index contributed by atoms with van der Waals surface area (Å²) in [5.41, 5.74) is 6.62. The summed E-state index contributed by atoms with van der Waals surface area (Å²) in [7, 11) is 2.04. The van der Waals surface area contributed by atoms with E-state index in [1.807, 2.05) is 20.0 Å². The van der Waals surface area contributed by atoms with Gasteiger partial charge < -0.3 is 10.3 Å². The Morgan fingerprint density at radius 2 is 2.21 bits per heavy atom. The van der Waals surface area contributed by atoms with Crippen LogP contribution in [0.4, 0.5) is 0 Å². The molecule has 0 aliphatic heterocycles. The highest BCUT2D eigenvalue weighted by Gasteiger charge is 2.22. The van der Waals surface area contributed by atoms with E-state index in [4.69, 9.17) is 10.3 Å². The normalized spacial score (nSPS) is 12.4. The minimum Gasteiger partial charge on any atom is -0.361 e. The number of rotatable bonds is 4. The third kappa shape index (κ3) is 2.56. The van der Waals surface area contributed by atoms with E-state index in [0.29, 0.717) is 6.54 Å². The van der Waals surface area contributed by atoms with Crippen LogP contribution in [0.3, 0.4) is 0 Å². The van der Waals surface area contributed by atoms with Crippen LogP contribution in [0.1, 0.15) is 25.3 Å². The van der Waals surface area contributed by atoms with E-state index in [2.05, 4.69) is 23.9 Å². The van der Waals surface area contributed by atoms with Crippen LogP contribution in [-0.4, -0.2) is 29.2 Å². The van der Waals surface area contributed by atoms with Gasteiger partial charge in [-0.2, -0.15) is 0 Å². The van der Waals surface area contributed by atoms with Crippen molar-refractivity contribution in [2.24, 2.45) is 5.73 Å². The van der Waals surface area contributed by atoms with Crippen molar-refractivity contribution < 1.29 is 4.52 Å². The lowest BCUT2D eigenvalue weighted by Crippen LogP contribution is -2.46. The Kier molecular flexibility index (Phi) is 3.29. The summed E-state index contributed by atoms with van der Waals surface area (Å²) in [5.74, 6) is 0.846. The molecule has 1 aromatic rings. The van der Waals surface area contributed by atoms with Crippen molar-refractivity contribution in [2.75, 3.05) is 13.6 Å². The molecule has 80 valence electrons. The van der Waals surface area contributed by atoms with Gasteiger partial charge in [0.2, 0.25) is 0 Å². The maximum atomic E-state index is 5.68. The maximum Gasteiger partial charge on any atom is 0.133 e. The summed E-state index contributed by atoms with van der Waals surface area (Å²) >= 11 is 0. The third-order valence-corrected chi connectivity index (χ3v) is 2.61. The molecular formula is C10H19N3O. The SMILES string of the molecule is Cc1cc(CN(C)C(C)(C)CN)no1. The van der Waals surface area contributed by atoms with Gasteiger partial charge in [-0.3, -0.25) is 4.90 Å². The van der Waals surface area contributed by atoms with Crippen LogP contribution in [0.25, 0.3) is 0 Å². The highest BCUT2D eigenvalue weighted by atomic mass is 16.5. The quantitative estimate of drug-likeness (QED) is 0.786. The van der Waals surface area contributed by atoms with Gasteiger partial charge in [-0.25, -0.2) is 0 Å². The molecule has 0 saturated carbocycles. The molecular weight excluding hydrogens is 178 g/mol. The summed E-state index contributed by atoms with van der Waals surface area (Å²) in [6.07, 6.45) is 0. The van der Waals surface area contributed by atoms with Crippen LogP contribution in [0, 0.1) is 6.92 Å². The molecule has 0 amide bonds. The number of aryl methyl sites for hydroxylation is 1. The minimum absolute atomic E-state index is 0.00709. The lowest BCUT2D eigenvalue weighted by molar-refractivity contribution is 0.152. The fourth-order valence-electron chi connectivity index (χ4n) is 1.11. The lowest BCUT2D eigenvalue weighted by atomic mass is 10.0. The summed E-state index contributed by atoms with van der Waals surface area (Å²) in [4.78, 5) is 2.17. The smallest absolute Gasteiger partial charge is 0.133 e. The van der Waals surface area contributed by atoms with Gasteiger partial charge in [-0.15, -0.1) is 0 Å². The van der Waals surface area contributed by atoms with E-state index in [9.17, 15) is 0 Å². The van der Waals surface area contributed by atoms with Gasteiger partial charge in [0.25, 0.3) is 0 Å². The number of nitrogens with zero attached hydrogens (tertiary/aromatic N) is 2. The molecule has 0 radical (unpaired) electrons. The Morgan fingerprint density at radius 3 is 2.64 bits per heavy atom. The van der Waals surface area contributed by atoms with Crippen LogP contribution in [0.5, 0.6) is 0 Å². The highest BCUT2D eigenvalue weighted by Crippen LogP contribution is 2.14. The Balaban J connectivity index is 2.61. The van der Waals surface area contributed by atoms with Gasteiger partial charge in [0.15, 0.2) is 0 Å². The first-order chi connectivity index (χ1) is 6.45. The largest absolute Gasteiger partial charge is 0.361 e. The van der Waals surface area contributed by atoms with E-state index < -0.39 is 0 Å². The summed E-state index contributed by atoms with van der Waals surface area (Å²) in [6, 6.07) is 1.95. The first-order valence-corrected chi connectivity index (χ1v) is 4.79. The van der Waals surface area contributed by atoms with Crippen molar-refractivity contribution in [3.63, 3.8) is 0 Å². The van der Waals surface area contributed by atoms with Crippen molar-refractivity contribution in [2.45, 2.75) is 32.9 Å². The van der Waals surface area contributed by atoms with Crippen LogP contribution in [0.2, 0.25) is 0 Å². The van der Waals surface area contributed by atoms with E-state index in [-0.39, 0.29) is 5.54 Å². The molecule has 14 heavy (non-hydrogen) atoms. The zero-order valence-corrected chi connectivity index (χ0v) is 9.37. The van der Waals surface area contributed by atoms with Gasteiger partial charge in [-0.1, -0.05) is 5.16 Å². The van der Waals surface area contributed by atoms with Crippen LogP contribution >= 0.6 is 0 Å². The van der Waals surface area contributed by atoms with Crippen molar-refractivity contribution >= 4 is 0 Å². The van der Waals surface area contributed by atoms with Gasteiger partial charge in [0.05, 0.1) is 5.69 Å². The zero-order chi connectivity index (χ0) is 10.8. The third-order valence-electron chi connectivity index (χ3n) is 2.61. The number of hydrogen-bond donors (Lipinski definition) is 1. The van der Waals surface area contributed by atoms with Crippen molar-refractivity contribution in [3.05, 3.63) is 17.5 Å². The number of likely N-dealkylation sites (N-methyl/N-ethyl adjacent to an activating group) is 1. The molecule has 4 heteroatoms.